The second-order valence-electron chi connectivity index (χ2n) is 5.06. The van der Waals surface area contributed by atoms with Crippen LogP contribution in [0, 0.1) is 0 Å². The first-order valence-corrected chi connectivity index (χ1v) is 8.39. The van der Waals surface area contributed by atoms with Gasteiger partial charge in [0.05, 0.1) is 6.10 Å². The first kappa shape index (κ1) is 15.2. The van der Waals surface area contributed by atoms with Crippen molar-refractivity contribution in [1.82, 2.24) is 4.90 Å². The molecule has 0 aromatic heterocycles. The molecule has 1 aliphatic rings. The standard InChI is InChI=1S/C15H22ClNOS/c1-2-14-11-17(9-10-19-14)8-7-15(18)12-3-5-13(16)6-4-12/h3-6,14-15,18H,2,7-11H2,1H3. The molecule has 0 spiro atoms. The van der Waals surface area contributed by atoms with Gasteiger partial charge in [-0.1, -0.05) is 30.7 Å². The van der Waals surface area contributed by atoms with Crippen molar-refractivity contribution >= 4 is 23.4 Å². The Kier molecular flexibility index (Phi) is 6.02. The molecular weight excluding hydrogens is 278 g/mol. The summed E-state index contributed by atoms with van der Waals surface area (Å²) < 4.78 is 0. The molecule has 0 radical (unpaired) electrons. The zero-order valence-corrected chi connectivity index (χ0v) is 13.0. The molecule has 2 rings (SSSR count). The van der Waals surface area contributed by atoms with E-state index in [1.807, 2.05) is 24.3 Å². The molecule has 2 atom stereocenters. The fourth-order valence-corrected chi connectivity index (χ4v) is 3.76. The Balaban J connectivity index is 1.79. The lowest BCUT2D eigenvalue weighted by Crippen LogP contribution is -2.38. The van der Waals surface area contributed by atoms with E-state index in [1.54, 1.807) is 0 Å². The van der Waals surface area contributed by atoms with Crippen molar-refractivity contribution in [2.24, 2.45) is 0 Å². The van der Waals surface area contributed by atoms with Crippen molar-refractivity contribution in [1.29, 1.82) is 0 Å². The van der Waals surface area contributed by atoms with E-state index in [0.29, 0.717) is 0 Å². The van der Waals surface area contributed by atoms with Crippen LogP contribution in [0.5, 0.6) is 0 Å². The van der Waals surface area contributed by atoms with Crippen molar-refractivity contribution in [2.75, 3.05) is 25.4 Å². The number of benzene rings is 1. The molecule has 2 unspecified atom stereocenters. The van der Waals surface area contributed by atoms with Crippen LogP contribution in [-0.4, -0.2) is 40.6 Å². The predicted molar refractivity (Wildman–Crippen MR) is 84.0 cm³/mol. The van der Waals surface area contributed by atoms with Gasteiger partial charge < -0.3 is 10.0 Å². The molecule has 106 valence electrons. The summed E-state index contributed by atoms with van der Waals surface area (Å²) in [5.41, 5.74) is 0.961. The van der Waals surface area contributed by atoms with Gasteiger partial charge >= 0.3 is 0 Å². The van der Waals surface area contributed by atoms with E-state index in [1.165, 1.54) is 12.2 Å². The second-order valence-corrected chi connectivity index (χ2v) is 6.90. The molecule has 1 N–H and O–H groups in total. The van der Waals surface area contributed by atoms with E-state index in [4.69, 9.17) is 11.6 Å². The highest BCUT2D eigenvalue weighted by Crippen LogP contribution is 2.23. The van der Waals surface area contributed by atoms with Crippen LogP contribution in [0.25, 0.3) is 0 Å². The summed E-state index contributed by atoms with van der Waals surface area (Å²) in [5, 5.41) is 11.7. The third kappa shape index (κ3) is 4.67. The number of hydrogen-bond acceptors (Lipinski definition) is 3. The molecule has 4 heteroatoms. The van der Waals surface area contributed by atoms with Crippen LogP contribution in [0.2, 0.25) is 5.02 Å². The first-order chi connectivity index (χ1) is 9.19. The number of hydrogen-bond donors (Lipinski definition) is 1. The van der Waals surface area contributed by atoms with Gasteiger partial charge in [-0.25, -0.2) is 0 Å². The zero-order chi connectivity index (χ0) is 13.7. The smallest absolute Gasteiger partial charge is 0.0802 e. The van der Waals surface area contributed by atoms with E-state index in [9.17, 15) is 5.11 Å². The highest BCUT2D eigenvalue weighted by atomic mass is 35.5. The summed E-state index contributed by atoms with van der Waals surface area (Å²) in [7, 11) is 0. The molecule has 0 bridgehead atoms. The number of nitrogens with zero attached hydrogens (tertiary/aromatic N) is 1. The molecule has 1 aromatic carbocycles. The Morgan fingerprint density at radius 1 is 1.42 bits per heavy atom. The maximum Gasteiger partial charge on any atom is 0.0802 e. The molecular formula is C15H22ClNOS. The molecule has 1 aliphatic heterocycles. The van der Waals surface area contributed by atoms with Crippen LogP contribution in [0.4, 0.5) is 0 Å². The third-order valence-corrected chi connectivity index (χ3v) is 5.28. The van der Waals surface area contributed by atoms with Crippen LogP contribution in [0.3, 0.4) is 0 Å². The molecule has 1 heterocycles. The van der Waals surface area contributed by atoms with Crippen molar-refractivity contribution in [3.63, 3.8) is 0 Å². The van der Waals surface area contributed by atoms with E-state index >= 15 is 0 Å². The molecule has 1 aromatic rings. The monoisotopic (exact) mass is 299 g/mol. The summed E-state index contributed by atoms with van der Waals surface area (Å²) in [6.45, 7) is 5.54. The van der Waals surface area contributed by atoms with E-state index in [-0.39, 0.29) is 6.10 Å². The van der Waals surface area contributed by atoms with Gasteiger partial charge in [0.1, 0.15) is 0 Å². The third-order valence-electron chi connectivity index (χ3n) is 3.65. The Morgan fingerprint density at radius 3 is 2.84 bits per heavy atom. The Morgan fingerprint density at radius 2 is 2.16 bits per heavy atom. The molecule has 19 heavy (non-hydrogen) atoms. The largest absolute Gasteiger partial charge is 0.388 e. The van der Waals surface area contributed by atoms with Gasteiger partial charge in [0, 0.05) is 35.7 Å². The van der Waals surface area contributed by atoms with Crippen LogP contribution < -0.4 is 0 Å². The number of aliphatic hydroxyl groups is 1. The van der Waals surface area contributed by atoms with Crippen molar-refractivity contribution in [2.45, 2.75) is 31.1 Å². The lowest BCUT2D eigenvalue weighted by atomic mass is 10.1. The molecule has 2 nitrogen and oxygen atoms in total. The molecule has 0 aliphatic carbocycles. The van der Waals surface area contributed by atoms with Crippen LogP contribution in [0.1, 0.15) is 31.4 Å². The van der Waals surface area contributed by atoms with Gasteiger partial charge in [-0.3, -0.25) is 0 Å². The van der Waals surface area contributed by atoms with Crippen LogP contribution >= 0.6 is 23.4 Å². The fourth-order valence-electron chi connectivity index (χ4n) is 2.39. The minimum absolute atomic E-state index is 0.382. The molecule has 1 fully saturated rings. The summed E-state index contributed by atoms with van der Waals surface area (Å²) >= 11 is 7.94. The van der Waals surface area contributed by atoms with E-state index in [2.05, 4.69) is 23.6 Å². The van der Waals surface area contributed by atoms with Crippen LogP contribution in [0.15, 0.2) is 24.3 Å². The van der Waals surface area contributed by atoms with E-state index < -0.39 is 0 Å². The van der Waals surface area contributed by atoms with Gasteiger partial charge in [0.25, 0.3) is 0 Å². The van der Waals surface area contributed by atoms with Gasteiger partial charge in [-0.05, 0) is 30.5 Å². The van der Waals surface area contributed by atoms with Crippen LogP contribution in [-0.2, 0) is 0 Å². The zero-order valence-electron chi connectivity index (χ0n) is 11.4. The number of thioether (sulfide) groups is 1. The predicted octanol–water partition coefficient (Wildman–Crippen LogP) is 3.59. The number of halogens is 1. The average Bonchev–Trinajstić information content (AvgIpc) is 2.46. The van der Waals surface area contributed by atoms with Gasteiger partial charge in [0.15, 0.2) is 0 Å². The topological polar surface area (TPSA) is 23.5 Å². The van der Waals surface area contributed by atoms with E-state index in [0.717, 1.165) is 41.9 Å². The highest BCUT2D eigenvalue weighted by molar-refractivity contribution is 8.00. The van der Waals surface area contributed by atoms with Crippen molar-refractivity contribution in [3.8, 4) is 0 Å². The first-order valence-electron chi connectivity index (χ1n) is 6.96. The highest BCUT2D eigenvalue weighted by Gasteiger charge is 2.19. The Labute approximate surface area is 125 Å². The normalized spacial score (nSPS) is 22.4. The molecule has 0 amide bonds. The second kappa shape index (κ2) is 7.53. The molecule has 0 saturated carbocycles. The Bertz CT molecular complexity index is 384. The van der Waals surface area contributed by atoms with Gasteiger partial charge in [-0.2, -0.15) is 11.8 Å². The van der Waals surface area contributed by atoms with Gasteiger partial charge in [-0.15, -0.1) is 0 Å². The quantitative estimate of drug-likeness (QED) is 0.899. The molecule has 1 saturated heterocycles. The minimum atomic E-state index is -0.382. The van der Waals surface area contributed by atoms with Gasteiger partial charge in [0.2, 0.25) is 0 Å². The Hall–Kier alpha value is -0.220. The van der Waals surface area contributed by atoms with Crippen molar-refractivity contribution in [3.05, 3.63) is 34.9 Å². The lowest BCUT2D eigenvalue weighted by Gasteiger charge is -2.32. The summed E-state index contributed by atoms with van der Waals surface area (Å²) in [6, 6.07) is 7.50. The number of rotatable bonds is 5. The summed E-state index contributed by atoms with van der Waals surface area (Å²) in [5.74, 6) is 1.22. The maximum absolute atomic E-state index is 10.2. The van der Waals surface area contributed by atoms with Crippen molar-refractivity contribution < 1.29 is 5.11 Å². The average molecular weight is 300 g/mol. The maximum atomic E-state index is 10.2. The number of aliphatic hydroxyl groups excluding tert-OH is 1. The minimum Gasteiger partial charge on any atom is -0.388 e. The summed E-state index contributed by atoms with van der Waals surface area (Å²) in [6.07, 6.45) is 1.65. The summed E-state index contributed by atoms with van der Waals surface area (Å²) in [4.78, 5) is 2.48. The lowest BCUT2D eigenvalue weighted by molar-refractivity contribution is 0.143. The fraction of sp³-hybridized carbons (Fsp3) is 0.600. The SMILES string of the molecule is CCC1CN(CCC(O)c2ccc(Cl)cc2)CCS1.